The third-order valence-electron chi connectivity index (χ3n) is 2.12. The van der Waals surface area contributed by atoms with Gasteiger partial charge in [0.1, 0.15) is 16.4 Å². The summed E-state index contributed by atoms with van der Waals surface area (Å²) in [6, 6.07) is 9.16. The molecule has 2 N–H and O–H groups in total. The lowest BCUT2D eigenvalue weighted by molar-refractivity contribution is 0.476. The first kappa shape index (κ1) is 13.5. The first-order valence-electron chi connectivity index (χ1n) is 4.95. The molecular formula is C12H8Br2N2OS. The van der Waals surface area contributed by atoms with Gasteiger partial charge in [0.05, 0.1) is 4.47 Å². The average Bonchev–Trinajstić information content (AvgIpc) is 2.33. The molecule has 92 valence electrons. The summed E-state index contributed by atoms with van der Waals surface area (Å²) in [5.41, 5.74) is 6.07. The van der Waals surface area contributed by atoms with E-state index in [0.717, 1.165) is 8.95 Å². The molecule has 2 aromatic rings. The van der Waals surface area contributed by atoms with Crippen LogP contribution in [-0.4, -0.2) is 9.97 Å². The molecule has 0 aliphatic rings. The molecule has 0 saturated heterocycles. The van der Waals surface area contributed by atoms with Crippen LogP contribution < -0.4 is 10.5 Å². The van der Waals surface area contributed by atoms with Crippen molar-refractivity contribution in [2.75, 3.05) is 0 Å². The standard InChI is InChI=1S/C12H8Br2N2OS/c13-7-3-4-9(8(14)6-7)17-10-2-1-5-16-11(10)12(15)18/h1-6H,(H2,15,18). The molecule has 0 radical (unpaired) electrons. The van der Waals surface area contributed by atoms with Crippen molar-refractivity contribution in [1.29, 1.82) is 0 Å². The van der Waals surface area contributed by atoms with Crippen LogP contribution in [0, 0.1) is 0 Å². The fourth-order valence-electron chi connectivity index (χ4n) is 1.33. The Kier molecular flexibility index (Phi) is 4.31. The maximum absolute atomic E-state index is 5.76. The molecule has 1 aromatic heterocycles. The van der Waals surface area contributed by atoms with E-state index >= 15 is 0 Å². The fourth-order valence-corrected chi connectivity index (χ4v) is 2.62. The smallest absolute Gasteiger partial charge is 0.156 e. The predicted molar refractivity (Wildman–Crippen MR) is 82.0 cm³/mol. The van der Waals surface area contributed by atoms with Gasteiger partial charge in [-0.3, -0.25) is 0 Å². The van der Waals surface area contributed by atoms with E-state index in [9.17, 15) is 0 Å². The van der Waals surface area contributed by atoms with Gasteiger partial charge in [0, 0.05) is 10.7 Å². The predicted octanol–water partition coefficient (Wildman–Crippen LogP) is 4.03. The van der Waals surface area contributed by atoms with E-state index in [1.807, 2.05) is 18.2 Å². The quantitative estimate of drug-likeness (QED) is 0.807. The minimum absolute atomic E-state index is 0.207. The topological polar surface area (TPSA) is 48.1 Å². The second-order valence-corrected chi connectivity index (χ2v) is 5.60. The number of hydrogen-bond acceptors (Lipinski definition) is 3. The zero-order valence-electron chi connectivity index (χ0n) is 9.06. The van der Waals surface area contributed by atoms with Crippen LogP contribution >= 0.6 is 44.1 Å². The summed E-state index contributed by atoms with van der Waals surface area (Å²) in [4.78, 5) is 4.31. The molecule has 0 atom stereocenters. The highest BCUT2D eigenvalue weighted by Crippen LogP contribution is 2.32. The second-order valence-electron chi connectivity index (χ2n) is 3.39. The number of pyridine rings is 1. The van der Waals surface area contributed by atoms with Crippen molar-refractivity contribution in [3.05, 3.63) is 51.2 Å². The number of nitrogens with zero attached hydrogens (tertiary/aromatic N) is 1. The van der Waals surface area contributed by atoms with Crippen molar-refractivity contribution in [2.24, 2.45) is 5.73 Å². The van der Waals surface area contributed by atoms with Crippen LogP contribution in [0.4, 0.5) is 0 Å². The summed E-state index contributed by atoms with van der Waals surface area (Å²) in [6.45, 7) is 0. The lowest BCUT2D eigenvalue weighted by Crippen LogP contribution is -2.12. The van der Waals surface area contributed by atoms with Crippen LogP contribution in [-0.2, 0) is 0 Å². The lowest BCUT2D eigenvalue weighted by Gasteiger charge is -2.10. The third kappa shape index (κ3) is 3.07. The average molecular weight is 388 g/mol. The van der Waals surface area contributed by atoms with Gasteiger partial charge in [-0.15, -0.1) is 0 Å². The summed E-state index contributed by atoms with van der Waals surface area (Å²) >= 11 is 11.7. The van der Waals surface area contributed by atoms with Gasteiger partial charge in [0.15, 0.2) is 5.75 Å². The first-order chi connectivity index (χ1) is 8.58. The molecule has 6 heteroatoms. The Balaban J connectivity index is 2.37. The van der Waals surface area contributed by atoms with Gasteiger partial charge in [-0.25, -0.2) is 4.98 Å². The Morgan fingerprint density at radius 1 is 1.22 bits per heavy atom. The Labute approximate surface area is 127 Å². The van der Waals surface area contributed by atoms with Crippen molar-refractivity contribution in [1.82, 2.24) is 4.98 Å². The highest BCUT2D eigenvalue weighted by molar-refractivity contribution is 9.11. The molecule has 0 unspecified atom stereocenters. The van der Waals surface area contributed by atoms with Gasteiger partial charge in [-0.2, -0.15) is 0 Å². The van der Waals surface area contributed by atoms with Crippen LogP contribution in [0.15, 0.2) is 45.5 Å². The van der Waals surface area contributed by atoms with Crippen LogP contribution in [0.25, 0.3) is 0 Å². The minimum atomic E-state index is 0.207. The normalized spacial score (nSPS) is 10.1. The first-order valence-corrected chi connectivity index (χ1v) is 6.95. The Bertz CT molecular complexity index is 604. The SMILES string of the molecule is NC(=S)c1ncccc1Oc1ccc(Br)cc1Br. The lowest BCUT2D eigenvalue weighted by atomic mass is 10.3. The van der Waals surface area contributed by atoms with Crippen molar-refractivity contribution >= 4 is 49.1 Å². The van der Waals surface area contributed by atoms with Crippen LogP contribution in [0.5, 0.6) is 11.5 Å². The number of rotatable bonds is 3. The van der Waals surface area contributed by atoms with E-state index in [-0.39, 0.29) is 4.99 Å². The number of ether oxygens (including phenoxy) is 1. The van der Waals surface area contributed by atoms with Gasteiger partial charge in [0.25, 0.3) is 0 Å². The van der Waals surface area contributed by atoms with Gasteiger partial charge in [0.2, 0.25) is 0 Å². The van der Waals surface area contributed by atoms with E-state index in [1.54, 1.807) is 18.3 Å². The number of halogens is 2. The van der Waals surface area contributed by atoms with E-state index in [4.69, 9.17) is 22.7 Å². The largest absolute Gasteiger partial charge is 0.454 e. The number of aromatic nitrogens is 1. The molecule has 1 heterocycles. The molecule has 0 aliphatic carbocycles. The maximum Gasteiger partial charge on any atom is 0.156 e. The Hall–Kier alpha value is -0.980. The summed E-state index contributed by atoms with van der Waals surface area (Å²) in [6.07, 6.45) is 1.62. The molecule has 2 rings (SSSR count). The summed E-state index contributed by atoms with van der Waals surface area (Å²) in [7, 11) is 0. The molecule has 0 amide bonds. The molecule has 1 aromatic carbocycles. The molecule has 0 aliphatic heterocycles. The monoisotopic (exact) mass is 386 g/mol. The highest BCUT2D eigenvalue weighted by Gasteiger charge is 2.10. The van der Waals surface area contributed by atoms with Crippen molar-refractivity contribution in [3.8, 4) is 11.5 Å². The third-order valence-corrected chi connectivity index (χ3v) is 3.42. The number of thiocarbonyl (C=S) groups is 1. The van der Waals surface area contributed by atoms with E-state index in [0.29, 0.717) is 17.2 Å². The number of nitrogens with two attached hydrogens (primary N) is 1. The fraction of sp³-hybridized carbons (Fsp3) is 0. The van der Waals surface area contributed by atoms with Gasteiger partial charge < -0.3 is 10.5 Å². The molecule has 0 fully saturated rings. The van der Waals surface area contributed by atoms with Crippen molar-refractivity contribution in [2.45, 2.75) is 0 Å². The summed E-state index contributed by atoms with van der Waals surface area (Å²) in [5, 5.41) is 0. The van der Waals surface area contributed by atoms with E-state index in [1.165, 1.54) is 0 Å². The van der Waals surface area contributed by atoms with Gasteiger partial charge in [-0.1, -0.05) is 28.1 Å². The summed E-state index contributed by atoms with van der Waals surface area (Å²) < 4.78 is 7.55. The number of hydrogen-bond donors (Lipinski definition) is 1. The van der Waals surface area contributed by atoms with Crippen LogP contribution in [0.2, 0.25) is 0 Å². The van der Waals surface area contributed by atoms with Crippen LogP contribution in [0.1, 0.15) is 5.69 Å². The van der Waals surface area contributed by atoms with Crippen molar-refractivity contribution < 1.29 is 4.74 Å². The zero-order chi connectivity index (χ0) is 13.1. The zero-order valence-corrected chi connectivity index (χ0v) is 13.0. The Morgan fingerprint density at radius 3 is 2.67 bits per heavy atom. The minimum Gasteiger partial charge on any atom is -0.454 e. The van der Waals surface area contributed by atoms with E-state index < -0.39 is 0 Å². The molecular weight excluding hydrogens is 380 g/mol. The van der Waals surface area contributed by atoms with Gasteiger partial charge in [-0.05, 0) is 46.3 Å². The van der Waals surface area contributed by atoms with Crippen LogP contribution in [0.3, 0.4) is 0 Å². The summed E-state index contributed by atoms with van der Waals surface area (Å²) in [5.74, 6) is 1.21. The van der Waals surface area contributed by atoms with Crippen molar-refractivity contribution in [3.63, 3.8) is 0 Å². The van der Waals surface area contributed by atoms with E-state index in [2.05, 4.69) is 36.8 Å². The second kappa shape index (κ2) is 5.77. The van der Waals surface area contributed by atoms with Gasteiger partial charge >= 0.3 is 0 Å². The Morgan fingerprint density at radius 2 is 2.00 bits per heavy atom. The molecule has 0 saturated carbocycles. The molecule has 3 nitrogen and oxygen atoms in total. The maximum atomic E-state index is 5.76. The number of benzene rings is 1. The molecule has 0 bridgehead atoms. The molecule has 0 spiro atoms. The molecule has 18 heavy (non-hydrogen) atoms. The highest BCUT2D eigenvalue weighted by atomic mass is 79.9.